The SMILES string of the molecule is C1=CC[C]([Zr+]([CH2]c2ccccc2)[C]2=CC=CC2)=C1.[Cl-]. The number of rotatable bonds is 4. The van der Waals surface area contributed by atoms with Gasteiger partial charge in [0, 0.05) is 0 Å². The van der Waals surface area contributed by atoms with Gasteiger partial charge >= 0.3 is 118 Å². The van der Waals surface area contributed by atoms with Gasteiger partial charge in [0.1, 0.15) is 0 Å². The van der Waals surface area contributed by atoms with Crippen molar-refractivity contribution in [1.29, 1.82) is 0 Å². The van der Waals surface area contributed by atoms with Crippen molar-refractivity contribution >= 4 is 0 Å². The molecule has 0 atom stereocenters. The van der Waals surface area contributed by atoms with Gasteiger partial charge in [-0.3, -0.25) is 0 Å². The molecule has 2 heteroatoms. The van der Waals surface area contributed by atoms with Crippen LogP contribution in [0.4, 0.5) is 0 Å². The van der Waals surface area contributed by atoms with E-state index in [1.54, 1.807) is 6.56 Å². The summed E-state index contributed by atoms with van der Waals surface area (Å²) >= 11 is -1.61. The molecule has 0 saturated carbocycles. The molecule has 19 heavy (non-hydrogen) atoms. The van der Waals surface area contributed by atoms with Crippen LogP contribution in [0.2, 0.25) is 0 Å². The molecule has 0 bridgehead atoms. The summed E-state index contributed by atoms with van der Waals surface area (Å²) in [6.07, 6.45) is 16.3. The summed E-state index contributed by atoms with van der Waals surface area (Å²) in [4.78, 5) is 0. The van der Waals surface area contributed by atoms with Crippen molar-refractivity contribution in [2.24, 2.45) is 0 Å². The Balaban J connectivity index is 0.00000133. The van der Waals surface area contributed by atoms with Crippen molar-refractivity contribution < 1.29 is 34.2 Å². The average Bonchev–Trinajstić information content (AvgIpc) is 3.11. The number of hydrogen-bond donors (Lipinski definition) is 0. The van der Waals surface area contributed by atoms with E-state index in [1.807, 2.05) is 0 Å². The van der Waals surface area contributed by atoms with Gasteiger partial charge in [-0.05, 0) is 0 Å². The van der Waals surface area contributed by atoms with Crippen molar-refractivity contribution in [3.8, 4) is 0 Å². The Bertz CT molecular complexity index is 508. The standard InChI is InChI=1S/C7H7.2C5H5.ClH.Zr/c1-7-5-3-2-4-6-7;2*1-2-4-5-3-1;;/h2-6H,1H2;2*1-3H,4H2;1H;/q;;;;+1/p-1. The Morgan fingerprint density at radius 3 is 1.89 bits per heavy atom. The fourth-order valence-corrected chi connectivity index (χ4v) is 9.54. The van der Waals surface area contributed by atoms with Crippen LogP contribution in [0.1, 0.15) is 18.4 Å². The fourth-order valence-electron chi connectivity index (χ4n) is 2.58. The molecule has 0 unspecified atom stereocenters. The zero-order chi connectivity index (χ0) is 12.2. The average molecular weight is 348 g/mol. The third-order valence-electron chi connectivity index (χ3n) is 3.54. The molecular formula is C17H17ClZr. The van der Waals surface area contributed by atoms with Gasteiger partial charge in [0.05, 0.1) is 0 Å². The monoisotopic (exact) mass is 346 g/mol. The zero-order valence-electron chi connectivity index (χ0n) is 10.9. The zero-order valence-corrected chi connectivity index (χ0v) is 14.1. The molecule has 0 radical (unpaired) electrons. The molecule has 0 fully saturated rings. The molecule has 96 valence electrons. The minimum absolute atomic E-state index is 0. The van der Waals surface area contributed by atoms with E-state index >= 15 is 0 Å². The van der Waals surface area contributed by atoms with Gasteiger partial charge in [-0.1, -0.05) is 0 Å². The van der Waals surface area contributed by atoms with E-state index in [-0.39, 0.29) is 12.4 Å². The van der Waals surface area contributed by atoms with E-state index < -0.39 is 21.8 Å². The Labute approximate surface area is 129 Å². The molecule has 2 aliphatic rings. The van der Waals surface area contributed by atoms with Crippen LogP contribution in [-0.4, -0.2) is 0 Å². The number of hydrogen-bond acceptors (Lipinski definition) is 0. The van der Waals surface area contributed by atoms with Crippen molar-refractivity contribution in [2.45, 2.75) is 17.0 Å². The van der Waals surface area contributed by atoms with Crippen LogP contribution in [0.5, 0.6) is 0 Å². The summed E-state index contributed by atoms with van der Waals surface area (Å²) in [6, 6.07) is 11.0. The first-order valence-corrected chi connectivity index (χ1v) is 10.7. The molecule has 0 aromatic heterocycles. The normalized spacial score (nSPS) is 16.0. The van der Waals surface area contributed by atoms with Crippen LogP contribution in [0.25, 0.3) is 0 Å². The van der Waals surface area contributed by atoms with E-state index in [2.05, 4.69) is 66.8 Å². The number of halogens is 1. The fraction of sp³-hybridized carbons (Fsp3) is 0.176. The third kappa shape index (κ3) is 3.68. The maximum atomic E-state index is 2.39. The Hall–Kier alpha value is -0.647. The number of allylic oxidation sites excluding steroid dienone is 8. The first-order chi connectivity index (χ1) is 8.93. The topological polar surface area (TPSA) is 0 Å². The van der Waals surface area contributed by atoms with E-state index in [0.717, 1.165) is 0 Å². The summed E-state index contributed by atoms with van der Waals surface area (Å²) in [7, 11) is 0. The maximum Gasteiger partial charge on any atom is -1.00 e. The molecule has 1 aromatic carbocycles. The molecule has 0 nitrogen and oxygen atoms in total. The molecular weight excluding hydrogens is 331 g/mol. The van der Waals surface area contributed by atoms with E-state index in [0.29, 0.717) is 0 Å². The minimum Gasteiger partial charge on any atom is -1.00 e. The van der Waals surface area contributed by atoms with Crippen LogP contribution in [0, 0.1) is 0 Å². The van der Waals surface area contributed by atoms with Crippen molar-refractivity contribution in [1.82, 2.24) is 0 Å². The van der Waals surface area contributed by atoms with E-state index in [9.17, 15) is 0 Å². The summed E-state index contributed by atoms with van der Waals surface area (Å²) < 4.78 is 4.84. The largest absolute Gasteiger partial charge is 1.00 e. The van der Waals surface area contributed by atoms with Gasteiger partial charge in [-0.25, -0.2) is 0 Å². The summed E-state index contributed by atoms with van der Waals surface area (Å²) in [5, 5.41) is 0. The van der Waals surface area contributed by atoms with Crippen LogP contribution < -0.4 is 12.4 Å². The van der Waals surface area contributed by atoms with Gasteiger partial charge in [0.2, 0.25) is 0 Å². The second-order valence-corrected chi connectivity index (χ2v) is 11.2. The smallest absolute Gasteiger partial charge is 1.00 e. The molecule has 0 saturated heterocycles. The van der Waals surface area contributed by atoms with Gasteiger partial charge in [-0.2, -0.15) is 0 Å². The van der Waals surface area contributed by atoms with Crippen LogP contribution in [0.3, 0.4) is 0 Å². The van der Waals surface area contributed by atoms with Crippen LogP contribution in [-0.2, 0) is 25.9 Å². The second-order valence-electron chi connectivity index (χ2n) is 4.79. The molecule has 3 rings (SSSR count). The first kappa shape index (κ1) is 14.8. The van der Waals surface area contributed by atoms with Crippen molar-refractivity contribution in [3.05, 3.63) is 78.9 Å². The molecule has 0 heterocycles. The van der Waals surface area contributed by atoms with Crippen molar-refractivity contribution in [3.63, 3.8) is 0 Å². The van der Waals surface area contributed by atoms with E-state index in [4.69, 9.17) is 0 Å². The predicted octanol–water partition coefficient (Wildman–Crippen LogP) is 1.50. The van der Waals surface area contributed by atoms with E-state index in [1.165, 1.54) is 22.5 Å². The first-order valence-electron chi connectivity index (χ1n) is 6.55. The predicted molar refractivity (Wildman–Crippen MR) is 73.8 cm³/mol. The second kappa shape index (κ2) is 7.22. The third-order valence-corrected chi connectivity index (χ3v) is 11.0. The Morgan fingerprint density at radius 1 is 0.842 bits per heavy atom. The Morgan fingerprint density at radius 2 is 1.42 bits per heavy atom. The van der Waals surface area contributed by atoms with Gasteiger partial charge in [0.25, 0.3) is 0 Å². The number of benzene rings is 1. The van der Waals surface area contributed by atoms with Crippen LogP contribution >= 0.6 is 0 Å². The van der Waals surface area contributed by atoms with Crippen molar-refractivity contribution in [2.75, 3.05) is 0 Å². The minimum atomic E-state index is -1.61. The Kier molecular flexibility index (Phi) is 5.61. The molecule has 0 spiro atoms. The molecule has 0 aliphatic heterocycles. The molecule has 0 amide bonds. The summed E-state index contributed by atoms with van der Waals surface area (Å²) in [5.74, 6) is 0. The molecule has 2 aliphatic carbocycles. The molecule has 1 aromatic rings. The van der Waals surface area contributed by atoms with Gasteiger partial charge < -0.3 is 12.4 Å². The van der Waals surface area contributed by atoms with Gasteiger partial charge in [-0.15, -0.1) is 0 Å². The summed E-state index contributed by atoms with van der Waals surface area (Å²) in [6.45, 7) is 0. The quantitative estimate of drug-likeness (QED) is 0.774. The maximum absolute atomic E-state index is 2.39. The van der Waals surface area contributed by atoms with Gasteiger partial charge in [0.15, 0.2) is 0 Å². The van der Waals surface area contributed by atoms with Crippen LogP contribution in [0.15, 0.2) is 73.3 Å². The summed E-state index contributed by atoms with van der Waals surface area (Å²) in [5.41, 5.74) is 1.52. The molecule has 0 N–H and O–H groups in total.